The van der Waals surface area contributed by atoms with Crippen molar-refractivity contribution in [1.29, 1.82) is 0 Å². The van der Waals surface area contributed by atoms with Crippen molar-refractivity contribution < 1.29 is 4.79 Å². The van der Waals surface area contributed by atoms with Gasteiger partial charge in [-0.25, -0.2) is 4.98 Å². The van der Waals surface area contributed by atoms with Crippen molar-refractivity contribution in [2.24, 2.45) is 0 Å². The van der Waals surface area contributed by atoms with Crippen molar-refractivity contribution in [3.63, 3.8) is 0 Å². The van der Waals surface area contributed by atoms with Crippen LogP contribution >= 0.6 is 27.5 Å². The Morgan fingerprint density at radius 2 is 2.29 bits per heavy atom. The van der Waals surface area contributed by atoms with E-state index in [1.807, 2.05) is 0 Å². The van der Waals surface area contributed by atoms with E-state index in [-0.39, 0.29) is 11.7 Å². The summed E-state index contributed by atoms with van der Waals surface area (Å²) in [5.74, 6) is 0.324. The molecule has 0 aliphatic carbocycles. The maximum Gasteiger partial charge on any atom is 0.295 e. The van der Waals surface area contributed by atoms with Crippen LogP contribution in [0.25, 0.3) is 0 Å². The number of anilines is 1. The second kappa shape index (κ2) is 4.85. The number of nitrogens with one attached hydrogen (secondary N) is 2. The fraction of sp³-hybridized carbons (Fsp3) is 0.100. The molecule has 1 aromatic carbocycles. The minimum atomic E-state index is -0.372. The second-order valence-electron chi connectivity index (χ2n) is 3.33. The van der Waals surface area contributed by atoms with E-state index < -0.39 is 0 Å². The number of halogens is 2. The maximum absolute atomic E-state index is 11.7. The van der Waals surface area contributed by atoms with Crippen LogP contribution in [0.4, 0.5) is 5.69 Å². The molecule has 0 unspecified atom stereocenters. The topological polar surface area (TPSA) is 70.7 Å². The van der Waals surface area contributed by atoms with Gasteiger partial charge in [-0.2, -0.15) is 0 Å². The monoisotopic (exact) mass is 314 g/mol. The smallest absolute Gasteiger partial charge is 0.295 e. The number of amides is 1. The van der Waals surface area contributed by atoms with Crippen LogP contribution in [0, 0.1) is 6.92 Å². The van der Waals surface area contributed by atoms with E-state index in [1.165, 1.54) is 0 Å². The lowest BCUT2D eigenvalue weighted by Crippen LogP contribution is -2.13. The number of carbonyl (C=O) groups excluding carboxylic acids is 1. The van der Waals surface area contributed by atoms with Gasteiger partial charge in [-0.1, -0.05) is 11.6 Å². The summed E-state index contributed by atoms with van der Waals surface area (Å²) in [6, 6.07) is 5.09. The van der Waals surface area contributed by atoms with Gasteiger partial charge in [0.25, 0.3) is 5.91 Å². The molecule has 7 heteroatoms. The molecule has 0 spiro atoms. The van der Waals surface area contributed by atoms with Gasteiger partial charge in [0.15, 0.2) is 0 Å². The molecular formula is C10H8BrClN4O. The summed E-state index contributed by atoms with van der Waals surface area (Å²) < 4.78 is 0.711. The van der Waals surface area contributed by atoms with Crippen LogP contribution in [-0.2, 0) is 0 Å². The van der Waals surface area contributed by atoms with E-state index >= 15 is 0 Å². The van der Waals surface area contributed by atoms with Gasteiger partial charge < -0.3 is 5.32 Å². The number of hydrogen-bond donors (Lipinski definition) is 2. The van der Waals surface area contributed by atoms with E-state index in [0.29, 0.717) is 21.0 Å². The minimum Gasteiger partial charge on any atom is -0.319 e. The van der Waals surface area contributed by atoms with E-state index in [9.17, 15) is 4.79 Å². The summed E-state index contributed by atoms with van der Waals surface area (Å²) in [4.78, 5) is 15.6. The molecule has 0 aliphatic heterocycles. The molecule has 2 N–H and O–H groups in total. The lowest BCUT2D eigenvalue weighted by atomic mass is 10.3. The van der Waals surface area contributed by atoms with Crippen molar-refractivity contribution in [3.8, 4) is 0 Å². The molecule has 17 heavy (non-hydrogen) atoms. The van der Waals surface area contributed by atoms with Crippen molar-refractivity contribution >= 4 is 39.1 Å². The molecule has 0 atom stereocenters. The highest BCUT2D eigenvalue weighted by Gasteiger charge is 2.11. The van der Waals surface area contributed by atoms with Gasteiger partial charge in [-0.15, -0.1) is 5.10 Å². The van der Waals surface area contributed by atoms with Crippen molar-refractivity contribution in [2.75, 3.05) is 5.32 Å². The Balaban J connectivity index is 2.15. The molecule has 1 aromatic heterocycles. The van der Waals surface area contributed by atoms with Gasteiger partial charge in [0, 0.05) is 10.2 Å². The normalized spacial score (nSPS) is 10.3. The van der Waals surface area contributed by atoms with Crippen molar-refractivity contribution in [3.05, 3.63) is 39.3 Å². The summed E-state index contributed by atoms with van der Waals surface area (Å²) in [5, 5.41) is 9.62. The molecule has 0 saturated carbocycles. The third-order valence-corrected chi connectivity index (χ3v) is 3.19. The third-order valence-electron chi connectivity index (χ3n) is 1.98. The Labute approximate surface area is 111 Å². The standard InChI is InChI=1S/C10H8BrClN4O/c1-5-13-9(16-15-5)10(17)14-6-2-3-8(12)7(11)4-6/h2-4H,1H3,(H,14,17)(H,13,15,16). The molecule has 0 fully saturated rings. The Morgan fingerprint density at radius 3 is 2.88 bits per heavy atom. The van der Waals surface area contributed by atoms with Gasteiger partial charge in [0.1, 0.15) is 5.82 Å². The summed E-state index contributed by atoms with van der Waals surface area (Å²) in [5.41, 5.74) is 0.619. The first-order valence-electron chi connectivity index (χ1n) is 4.71. The SMILES string of the molecule is Cc1nc(C(=O)Nc2ccc(Cl)c(Br)c2)n[nH]1. The minimum absolute atomic E-state index is 0.105. The van der Waals surface area contributed by atoms with Crippen molar-refractivity contribution in [2.45, 2.75) is 6.92 Å². The predicted octanol–water partition coefficient (Wildman–Crippen LogP) is 2.78. The van der Waals surface area contributed by atoms with Crippen LogP contribution in [0.1, 0.15) is 16.4 Å². The number of benzene rings is 1. The van der Waals surface area contributed by atoms with E-state index in [2.05, 4.69) is 36.4 Å². The molecule has 1 heterocycles. The second-order valence-corrected chi connectivity index (χ2v) is 4.59. The third kappa shape index (κ3) is 2.83. The molecule has 0 radical (unpaired) electrons. The van der Waals surface area contributed by atoms with Crippen molar-refractivity contribution in [1.82, 2.24) is 15.2 Å². The molecule has 5 nitrogen and oxygen atoms in total. The van der Waals surface area contributed by atoms with E-state index in [1.54, 1.807) is 25.1 Å². The van der Waals surface area contributed by atoms with Crippen LogP contribution in [-0.4, -0.2) is 21.1 Å². The quantitative estimate of drug-likeness (QED) is 0.895. The summed E-state index contributed by atoms with van der Waals surface area (Å²) in [6.07, 6.45) is 0. The summed E-state index contributed by atoms with van der Waals surface area (Å²) >= 11 is 9.12. The number of carbonyl (C=O) groups is 1. The highest BCUT2D eigenvalue weighted by Crippen LogP contribution is 2.25. The highest BCUT2D eigenvalue weighted by molar-refractivity contribution is 9.10. The van der Waals surface area contributed by atoms with E-state index in [0.717, 1.165) is 0 Å². The molecule has 0 saturated heterocycles. The fourth-order valence-corrected chi connectivity index (χ4v) is 1.70. The van der Waals surface area contributed by atoms with Gasteiger partial charge in [-0.05, 0) is 41.1 Å². The fourth-order valence-electron chi connectivity index (χ4n) is 1.21. The van der Waals surface area contributed by atoms with Gasteiger partial charge in [0.2, 0.25) is 5.82 Å². The lowest BCUT2D eigenvalue weighted by molar-refractivity contribution is 0.101. The Bertz CT molecular complexity index is 569. The number of aromatic nitrogens is 3. The predicted molar refractivity (Wildman–Crippen MR) is 68.2 cm³/mol. The number of aromatic amines is 1. The van der Waals surface area contributed by atoms with Gasteiger partial charge in [-0.3, -0.25) is 9.89 Å². The number of rotatable bonds is 2. The molecule has 0 bridgehead atoms. The first kappa shape index (κ1) is 12.1. The zero-order valence-electron chi connectivity index (χ0n) is 8.79. The number of hydrogen-bond acceptors (Lipinski definition) is 3. The van der Waals surface area contributed by atoms with E-state index in [4.69, 9.17) is 11.6 Å². The zero-order chi connectivity index (χ0) is 12.4. The largest absolute Gasteiger partial charge is 0.319 e. The Morgan fingerprint density at radius 1 is 1.53 bits per heavy atom. The van der Waals surface area contributed by atoms with Crippen LogP contribution < -0.4 is 5.32 Å². The molecule has 88 valence electrons. The zero-order valence-corrected chi connectivity index (χ0v) is 11.1. The van der Waals surface area contributed by atoms with Crippen LogP contribution in [0.5, 0.6) is 0 Å². The molecular weight excluding hydrogens is 307 g/mol. The number of nitrogens with zero attached hydrogens (tertiary/aromatic N) is 2. The van der Waals surface area contributed by atoms with Crippen LogP contribution in [0.2, 0.25) is 5.02 Å². The lowest BCUT2D eigenvalue weighted by Gasteiger charge is -2.03. The molecule has 2 rings (SSSR count). The summed E-state index contributed by atoms with van der Waals surface area (Å²) in [7, 11) is 0. The van der Waals surface area contributed by atoms with Gasteiger partial charge >= 0.3 is 0 Å². The van der Waals surface area contributed by atoms with Crippen LogP contribution in [0.15, 0.2) is 22.7 Å². The molecule has 0 aliphatic rings. The Hall–Kier alpha value is -1.40. The Kier molecular flexibility index (Phi) is 3.44. The van der Waals surface area contributed by atoms with Gasteiger partial charge in [0.05, 0.1) is 5.02 Å². The number of H-pyrrole nitrogens is 1. The molecule has 1 amide bonds. The first-order chi connectivity index (χ1) is 8.06. The molecule has 2 aromatic rings. The maximum atomic E-state index is 11.7. The first-order valence-corrected chi connectivity index (χ1v) is 5.89. The summed E-state index contributed by atoms with van der Waals surface area (Å²) in [6.45, 7) is 1.72. The number of aryl methyl sites for hydroxylation is 1. The average Bonchev–Trinajstić information content (AvgIpc) is 2.70. The van der Waals surface area contributed by atoms with Crippen LogP contribution in [0.3, 0.4) is 0 Å². The highest BCUT2D eigenvalue weighted by atomic mass is 79.9. The average molecular weight is 316 g/mol.